The van der Waals surface area contributed by atoms with Crippen molar-refractivity contribution in [3.63, 3.8) is 0 Å². The third-order valence-corrected chi connectivity index (χ3v) is 13.5. The molecule has 0 N–H and O–H groups in total. The quantitative estimate of drug-likeness (QED) is 0.167. The average molecular weight is 833 g/mol. The van der Waals surface area contributed by atoms with Crippen LogP contribution in [0.15, 0.2) is 211 Å². The van der Waals surface area contributed by atoms with Crippen molar-refractivity contribution in [2.24, 2.45) is 0 Å². The molecule has 13 rings (SSSR count). The first-order valence-electron chi connectivity index (χ1n) is 22.2. The molecule has 5 nitrogen and oxygen atoms in total. The van der Waals surface area contributed by atoms with Crippen LogP contribution in [0, 0.1) is 0 Å². The Balaban J connectivity index is 0.888. The van der Waals surface area contributed by atoms with Gasteiger partial charge in [-0.05, 0) is 105 Å². The summed E-state index contributed by atoms with van der Waals surface area (Å²) in [6, 6.07) is 73.2. The number of hydrogen-bond acceptors (Lipinski definition) is 4. The zero-order valence-corrected chi connectivity index (χ0v) is 35.8. The first kappa shape index (κ1) is 37.2. The summed E-state index contributed by atoms with van der Waals surface area (Å²) in [6.45, 7) is 4.73. The molecule has 1 aliphatic carbocycles. The van der Waals surface area contributed by atoms with E-state index in [0.717, 1.165) is 49.8 Å². The van der Waals surface area contributed by atoms with Crippen LogP contribution in [0.25, 0.3) is 117 Å². The summed E-state index contributed by atoms with van der Waals surface area (Å²) in [5, 5.41) is 4.52. The van der Waals surface area contributed by atoms with E-state index in [9.17, 15) is 0 Å². The minimum Gasteiger partial charge on any atom is -0.456 e. The highest BCUT2D eigenvalue weighted by Crippen LogP contribution is 2.51. The van der Waals surface area contributed by atoms with Gasteiger partial charge in [-0.1, -0.05) is 159 Å². The van der Waals surface area contributed by atoms with Crippen molar-refractivity contribution in [2.45, 2.75) is 19.3 Å². The van der Waals surface area contributed by atoms with E-state index in [-0.39, 0.29) is 5.41 Å². The van der Waals surface area contributed by atoms with Gasteiger partial charge in [0.25, 0.3) is 0 Å². The van der Waals surface area contributed by atoms with Gasteiger partial charge < -0.3 is 8.98 Å². The minimum absolute atomic E-state index is 0.213. The average Bonchev–Trinajstić information content (AvgIpc) is 3.99. The highest BCUT2D eigenvalue weighted by Gasteiger charge is 2.36. The zero-order chi connectivity index (χ0) is 43.2. The fourth-order valence-corrected chi connectivity index (χ4v) is 10.2. The first-order chi connectivity index (χ1) is 32.0. The number of para-hydroxylation sites is 2. The molecule has 9 aromatic carbocycles. The van der Waals surface area contributed by atoms with E-state index in [1.807, 2.05) is 72.8 Å². The lowest BCUT2D eigenvalue weighted by atomic mass is 9.80. The van der Waals surface area contributed by atoms with E-state index >= 15 is 0 Å². The summed E-state index contributed by atoms with van der Waals surface area (Å²) in [6.07, 6.45) is 0. The third kappa shape index (κ3) is 5.89. The number of fused-ring (bicyclic) bond motifs is 9. The van der Waals surface area contributed by atoms with E-state index in [1.165, 1.54) is 60.9 Å². The second kappa shape index (κ2) is 14.3. The van der Waals surface area contributed by atoms with E-state index in [1.54, 1.807) is 0 Å². The second-order valence-electron chi connectivity index (χ2n) is 17.6. The van der Waals surface area contributed by atoms with Gasteiger partial charge in [-0.25, -0.2) is 15.0 Å². The fourth-order valence-electron chi connectivity index (χ4n) is 10.2. The largest absolute Gasteiger partial charge is 0.456 e. The van der Waals surface area contributed by atoms with E-state index in [0.29, 0.717) is 17.5 Å². The van der Waals surface area contributed by atoms with Gasteiger partial charge in [0, 0.05) is 49.3 Å². The Morgan fingerprint density at radius 3 is 1.55 bits per heavy atom. The number of furan rings is 1. The minimum atomic E-state index is -0.213. The van der Waals surface area contributed by atoms with Crippen molar-refractivity contribution >= 4 is 43.7 Å². The molecule has 3 heterocycles. The molecule has 5 heteroatoms. The Morgan fingerprint density at radius 2 is 0.892 bits per heavy atom. The lowest BCUT2D eigenvalue weighted by molar-refractivity contribution is 0.661. The smallest absolute Gasteiger partial charge is 0.164 e. The molecule has 0 spiro atoms. The molecule has 0 radical (unpaired) electrons. The van der Waals surface area contributed by atoms with Gasteiger partial charge in [0.1, 0.15) is 11.2 Å². The number of rotatable bonds is 6. The van der Waals surface area contributed by atoms with Crippen LogP contribution in [-0.2, 0) is 5.41 Å². The molecule has 1 aliphatic rings. The van der Waals surface area contributed by atoms with Crippen molar-refractivity contribution in [1.82, 2.24) is 19.5 Å². The number of benzene rings is 9. The normalized spacial score (nSPS) is 12.9. The van der Waals surface area contributed by atoms with Gasteiger partial charge in [-0.2, -0.15) is 0 Å². The predicted octanol–water partition coefficient (Wildman–Crippen LogP) is 15.5. The summed E-state index contributed by atoms with van der Waals surface area (Å²) in [4.78, 5) is 15.1. The molecule has 12 aromatic rings. The van der Waals surface area contributed by atoms with Crippen LogP contribution in [0.1, 0.15) is 25.0 Å². The van der Waals surface area contributed by atoms with Crippen molar-refractivity contribution in [1.29, 1.82) is 0 Å². The molecule has 306 valence electrons. The SMILES string of the molecule is CC1(C)c2cc(-c3ccc4oc5cccc(-c6nc(-c7ccccc7)nc(-c7ccccc7)n6)c5c4c3)ccc2-c2ccc(-c3ccc4c(c3)c3ccccc3n4-c3ccccc3)cc21. The summed E-state index contributed by atoms with van der Waals surface area (Å²) in [5.41, 5.74) is 17.7. The molecule has 0 aliphatic heterocycles. The van der Waals surface area contributed by atoms with Crippen molar-refractivity contribution in [3.05, 3.63) is 217 Å². The summed E-state index contributed by atoms with van der Waals surface area (Å²) in [7, 11) is 0. The molecule has 0 saturated carbocycles. The molecule has 0 unspecified atom stereocenters. The Hall–Kier alpha value is -8.41. The number of aromatic nitrogens is 4. The van der Waals surface area contributed by atoms with Crippen LogP contribution in [0.4, 0.5) is 0 Å². The van der Waals surface area contributed by atoms with Crippen LogP contribution < -0.4 is 0 Å². The predicted molar refractivity (Wildman–Crippen MR) is 266 cm³/mol. The Labute approximate surface area is 376 Å². The second-order valence-corrected chi connectivity index (χ2v) is 17.6. The van der Waals surface area contributed by atoms with Crippen LogP contribution in [0.3, 0.4) is 0 Å². The topological polar surface area (TPSA) is 56.7 Å². The van der Waals surface area contributed by atoms with E-state index < -0.39 is 0 Å². The summed E-state index contributed by atoms with van der Waals surface area (Å²) >= 11 is 0. The van der Waals surface area contributed by atoms with Crippen LogP contribution in [0.5, 0.6) is 0 Å². The standard InChI is InChI=1S/C60H40N4O/c1-60(2)50-35-41(39-27-31-53-48(33-39)46-21-12-13-23-52(46)64(53)43-19-10-5-11-20-43)25-29-44(50)45-30-26-42(36-51(45)60)40-28-32-54-49(34-40)56-47(22-14-24-55(56)65-54)59-62-57(37-15-6-3-7-16-37)61-58(63-59)38-17-8-4-9-18-38/h3-36H,1-2H3. The fraction of sp³-hybridized carbons (Fsp3) is 0.0500. The van der Waals surface area contributed by atoms with E-state index in [2.05, 4.69) is 152 Å². The zero-order valence-electron chi connectivity index (χ0n) is 35.8. The third-order valence-electron chi connectivity index (χ3n) is 13.5. The Morgan fingerprint density at radius 1 is 0.369 bits per heavy atom. The maximum absolute atomic E-state index is 6.53. The van der Waals surface area contributed by atoms with Crippen LogP contribution in [-0.4, -0.2) is 19.5 Å². The van der Waals surface area contributed by atoms with Crippen LogP contribution >= 0.6 is 0 Å². The van der Waals surface area contributed by atoms with Gasteiger partial charge in [0.15, 0.2) is 17.5 Å². The first-order valence-corrected chi connectivity index (χ1v) is 22.2. The highest BCUT2D eigenvalue weighted by molar-refractivity contribution is 6.13. The molecule has 0 amide bonds. The summed E-state index contributed by atoms with van der Waals surface area (Å²) in [5.74, 6) is 1.86. The Kier molecular flexibility index (Phi) is 8.18. The number of nitrogens with zero attached hydrogens (tertiary/aromatic N) is 4. The van der Waals surface area contributed by atoms with Gasteiger partial charge in [0.05, 0.1) is 11.0 Å². The van der Waals surface area contributed by atoms with Crippen molar-refractivity contribution in [2.75, 3.05) is 0 Å². The molecule has 0 bridgehead atoms. The molecular formula is C60H40N4O. The van der Waals surface area contributed by atoms with Crippen LogP contribution in [0.2, 0.25) is 0 Å². The molecule has 0 saturated heterocycles. The van der Waals surface area contributed by atoms with Crippen molar-refractivity contribution < 1.29 is 4.42 Å². The lowest BCUT2D eigenvalue weighted by Crippen LogP contribution is -2.15. The van der Waals surface area contributed by atoms with Gasteiger partial charge in [0.2, 0.25) is 0 Å². The van der Waals surface area contributed by atoms with Gasteiger partial charge in [-0.15, -0.1) is 0 Å². The maximum Gasteiger partial charge on any atom is 0.164 e. The molecule has 3 aromatic heterocycles. The Bertz CT molecular complexity index is 3790. The van der Waals surface area contributed by atoms with Crippen molar-refractivity contribution in [3.8, 4) is 73.2 Å². The maximum atomic E-state index is 6.53. The molecular weight excluding hydrogens is 793 g/mol. The van der Waals surface area contributed by atoms with E-state index in [4.69, 9.17) is 19.4 Å². The monoisotopic (exact) mass is 832 g/mol. The number of hydrogen-bond donors (Lipinski definition) is 0. The van der Waals surface area contributed by atoms with Gasteiger partial charge >= 0.3 is 0 Å². The lowest BCUT2D eigenvalue weighted by Gasteiger charge is -2.22. The molecule has 0 fully saturated rings. The molecule has 65 heavy (non-hydrogen) atoms. The highest BCUT2D eigenvalue weighted by atomic mass is 16.3. The molecule has 0 atom stereocenters. The van der Waals surface area contributed by atoms with Gasteiger partial charge in [-0.3, -0.25) is 0 Å². The summed E-state index contributed by atoms with van der Waals surface area (Å²) < 4.78 is 8.90.